The average molecular weight is 299 g/mol. The minimum absolute atomic E-state index is 0.975. The van der Waals surface area contributed by atoms with Gasteiger partial charge >= 0.3 is 0 Å². The number of aryl methyl sites for hydroxylation is 1. The van der Waals surface area contributed by atoms with Gasteiger partial charge in [0.15, 0.2) is 0 Å². The van der Waals surface area contributed by atoms with Crippen LogP contribution in [0.2, 0.25) is 5.02 Å². The molecule has 0 amide bonds. The number of rotatable bonds is 7. The second-order valence-electron chi connectivity index (χ2n) is 6.00. The van der Waals surface area contributed by atoms with Crippen molar-refractivity contribution in [1.29, 1.82) is 0 Å². The minimum atomic E-state index is 0.975. The summed E-state index contributed by atoms with van der Waals surface area (Å²) < 4.78 is 0. The molecule has 2 heteroatoms. The first-order chi connectivity index (χ1) is 9.36. The third-order valence-electron chi connectivity index (χ3n) is 4.43. The van der Waals surface area contributed by atoms with E-state index in [1.54, 1.807) is 11.3 Å². The fraction of sp³-hybridized carbons (Fsp3) is 0.765. The number of hydrogen-bond acceptors (Lipinski definition) is 1. The highest BCUT2D eigenvalue weighted by atomic mass is 35.5. The summed E-state index contributed by atoms with van der Waals surface area (Å²) in [4.78, 5) is 1.38. The lowest BCUT2D eigenvalue weighted by molar-refractivity contribution is 0.405. The van der Waals surface area contributed by atoms with E-state index in [0.29, 0.717) is 0 Å². The van der Waals surface area contributed by atoms with Gasteiger partial charge in [0.1, 0.15) is 0 Å². The second kappa shape index (κ2) is 9.02. The highest BCUT2D eigenvalue weighted by Crippen LogP contribution is 2.28. The molecule has 19 heavy (non-hydrogen) atoms. The summed E-state index contributed by atoms with van der Waals surface area (Å²) in [6.45, 7) is 0. The molecular formula is C17H27ClS. The van der Waals surface area contributed by atoms with E-state index in [1.807, 2.05) is 6.07 Å². The van der Waals surface area contributed by atoms with Gasteiger partial charge in [-0.25, -0.2) is 0 Å². The fourth-order valence-electron chi connectivity index (χ4n) is 3.23. The molecule has 0 spiro atoms. The van der Waals surface area contributed by atoms with Crippen LogP contribution in [0, 0.1) is 5.92 Å². The maximum absolute atomic E-state index is 6.11. The van der Waals surface area contributed by atoms with Crippen LogP contribution in [-0.4, -0.2) is 0 Å². The molecule has 0 N–H and O–H groups in total. The van der Waals surface area contributed by atoms with Crippen molar-refractivity contribution in [2.24, 2.45) is 5.92 Å². The van der Waals surface area contributed by atoms with Crippen molar-refractivity contribution in [2.45, 2.75) is 77.0 Å². The highest BCUT2D eigenvalue weighted by molar-refractivity contribution is 7.10. The molecule has 0 unspecified atom stereocenters. The topological polar surface area (TPSA) is 0 Å². The van der Waals surface area contributed by atoms with Crippen molar-refractivity contribution >= 4 is 22.9 Å². The quantitative estimate of drug-likeness (QED) is 0.381. The summed E-state index contributed by atoms with van der Waals surface area (Å²) in [5.41, 5.74) is 0. The Morgan fingerprint density at radius 1 is 1.00 bits per heavy atom. The molecule has 2 rings (SSSR count). The molecule has 0 bridgehead atoms. The van der Waals surface area contributed by atoms with Gasteiger partial charge in [-0.2, -0.15) is 0 Å². The summed E-state index contributed by atoms with van der Waals surface area (Å²) in [6, 6.07) is 2.02. The Kier molecular flexibility index (Phi) is 7.30. The zero-order valence-electron chi connectivity index (χ0n) is 12.0. The van der Waals surface area contributed by atoms with E-state index in [4.69, 9.17) is 11.6 Å². The molecule has 0 saturated heterocycles. The summed E-state index contributed by atoms with van der Waals surface area (Å²) >= 11 is 7.91. The van der Waals surface area contributed by atoms with Gasteiger partial charge in [0.2, 0.25) is 0 Å². The molecule has 1 fully saturated rings. The van der Waals surface area contributed by atoms with Crippen molar-refractivity contribution in [3.05, 3.63) is 21.3 Å². The molecule has 0 radical (unpaired) electrons. The van der Waals surface area contributed by atoms with Gasteiger partial charge in [0, 0.05) is 4.88 Å². The molecular weight excluding hydrogens is 272 g/mol. The predicted molar refractivity (Wildman–Crippen MR) is 87.3 cm³/mol. The minimum Gasteiger partial charge on any atom is -0.147 e. The van der Waals surface area contributed by atoms with Gasteiger partial charge in [-0.15, -0.1) is 11.3 Å². The summed E-state index contributed by atoms with van der Waals surface area (Å²) in [5, 5.41) is 3.08. The first-order valence-corrected chi connectivity index (χ1v) is 9.34. The summed E-state index contributed by atoms with van der Waals surface area (Å²) in [7, 11) is 0. The van der Waals surface area contributed by atoms with Crippen molar-refractivity contribution in [1.82, 2.24) is 0 Å². The largest absolute Gasteiger partial charge is 0.147 e. The monoisotopic (exact) mass is 298 g/mol. The van der Waals surface area contributed by atoms with Crippen LogP contribution in [0.5, 0.6) is 0 Å². The highest BCUT2D eigenvalue weighted by Gasteiger charge is 2.11. The lowest BCUT2D eigenvalue weighted by Gasteiger charge is -2.13. The Morgan fingerprint density at radius 2 is 1.74 bits per heavy atom. The van der Waals surface area contributed by atoms with Crippen LogP contribution in [0.3, 0.4) is 0 Å². The van der Waals surface area contributed by atoms with Crippen LogP contribution >= 0.6 is 22.9 Å². The van der Waals surface area contributed by atoms with Gasteiger partial charge in [0.25, 0.3) is 0 Å². The van der Waals surface area contributed by atoms with Crippen LogP contribution in [0.4, 0.5) is 0 Å². The molecule has 108 valence electrons. The zero-order chi connectivity index (χ0) is 13.3. The molecule has 1 aromatic heterocycles. The van der Waals surface area contributed by atoms with Crippen LogP contribution in [0.1, 0.15) is 75.5 Å². The molecule has 1 saturated carbocycles. The van der Waals surface area contributed by atoms with Crippen LogP contribution in [0.25, 0.3) is 0 Å². The summed E-state index contributed by atoms with van der Waals surface area (Å²) in [5.74, 6) is 1.05. The number of unbranched alkanes of at least 4 members (excludes halogenated alkanes) is 3. The van der Waals surface area contributed by atoms with Crippen molar-refractivity contribution in [3.8, 4) is 0 Å². The SMILES string of the molecule is Clc1ccsc1CCCCCCC1CCCCCC1. The number of thiophene rings is 1. The second-order valence-corrected chi connectivity index (χ2v) is 7.41. The average Bonchev–Trinajstić information content (AvgIpc) is 2.67. The van der Waals surface area contributed by atoms with Crippen molar-refractivity contribution in [3.63, 3.8) is 0 Å². The van der Waals surface area contributed by atoms with Crippen LogP contribution in [0.15, 0.2) is 11.4 Å². The van der Waals surface area contributed by atoms with Gasteiger partial charge in [-0.3, -0.25) is 0 Å². The first kappa shape index (κ1) is 15.4. The van der Waals surface area contributed by atoms with E-state index in [1.165, 1.54) is 81.9 Å². The number of halogens is 1. The Bertz CT molecular complexity index is 337. The summed E-state index contributed by atoms with van der Waals surface area (Å²) in [6.07, 6.45) is 17.2. The Hall–Kier alpha value is -0.0100. The maximum atomic E-state index is 6.11. The molecule has 1 aliphatic carbocycles. The molecule has 0 atom stereocenters. The molecule has 0 aromatic carbocycles. The van der Waals surface area contributed by atoms with E-state index in [9.17, 15) is 0 Å². The van der Waals surface area contributed by atoms with E-state index in [0.717, 1.165) is 10.9 Å². The Morgan fingerprint density at radius 3 is 2.42 bits per heavy atom. The van der Waals surface area contributed by atoms with Gasteiger partial charge < -0.3 is 0 Å². The fourth-order valence-corrected chi connectivity index (χ4v) is 4.41. The van der Waals surface area contributed by atoms with Crippen LogP contribution < -0.4 is 0 Å². The predicted octanol–water partition coefficient (Wildman–Crippen LogP) is 6.86. The number of hydrogen-bond donors (Lipinski definition) is 0. The third kappa shape index (κ3) is 5.87. The van der Waals surface area contributed by atoms with E-state index >= 15 is 0 Å². The Labute approximate surface area is 127 Å². The third-order valence-corrected chi connectivity index (χ3v) is 5.88. The van der Waals surface area contributed by atoms with E-state index in [-0.39, 0.29) is 0 Å². The van der Waals surface area contributed by atoms with E-state index < -0.39 is 0 Å². The Balaban J connectivity index is 1.49. The molecule has 0 aliphatic heterocycles. The van der Waals surface area contributed by atoms with Crippen molar-refractivity contribution in [2.75, 3.05) is 0 Å². The van der Waals surface area contributed by atoms with Crippen molar-refractivity contribution < 1.29 is 0 Å². The smallest absolute Gasteiger partial charge is 0.0544 e. The molecule has 1 aliphatic rings. The lowest BCUT2D eigenvalue weighted by Crippen LogP contribution is -1.98. The van der Waals surface area contributed by atoms with Crippen LogP contribution in [-0.2, 0) is 6.42 Å². The standard InChI is InChI=1S/C17H27ClS/c18-16-13-14-19-17(16)12-8-4-3-7-11-15-9-5-1-2-6-10-15/h13-15H,1-12H2. The molecule has 0 nitrogen and oxygen atoms in total. The normalized spacial score (nSPS) is 17.5. The maximum Gasteiger partial charge on any atom is 0.0544 e. The van der Waals surface area contributed by atoms with Gasteiger partial charge in [-0.05, 0) is 30.2 Å². The molecule has 1 heterocycles. The van der Waals surface area contributed by atoms with E-state index in [2.05, 4.69) is 5.38 Å². The zero-order valence-corrected chi connectivity index (χ0v) is 13.6. The van der Waals surface area contributed by atoms with Gasteiger partial charge in [0.05, 0.1) is 5.02 Å². The molecule has 1 aromatic rings. The van der Waals surface area contributed by atoms with Gasteiger partial charge in [-0.1, -0.05) is 75.8 Å². The first-order valence-electron chi connectivity index (χ1n) is 8.08. The lowest BCUT2D eigenvalue weighted by atomic mass is 9.93.